The summed E-state index contributed by atoms with van der Waals surface area (Å²) in [6, 6.07) is 8.86. The Hall–Kier alpha value is -1.98. The van der Waals surface area contributed by atoms with Gasteiger partial charge in [0.2, 0.25) is 0 Å². The summed E-state index contributed by atoms with van der Waals surface area (Å²) in [6.07, 6.45) is 3.21. The van der Waals surface area contributed by atoms with Crippen molar-refractivity contribution in [1.82, 2.24) is 4.90 Å². The van der Waals surface area contributed by atoms with E-state index in [1.54, 1.807) is 31.6 Å². The Morgan fingerprint density at radius 1 is 1.33 bits per heavy atom. The van der Waals surface area contributed by atoms with Gasteiger partial charge in [0.25, 0.3) is 5.91 Å². The molecule has 3 rings (SSSR count). The number of nitrogens with zero attached hydrogens (tertiary/aromatic N) is 1. The van der Waals surface area contributed by atoms with Crippen molar-refractivity contribution in [2.75, 3.05) is 20.3 Å². The fourth-order valence-electron chi connectivity index (χ4n) is 2.94. The number of furan rings is 1. The summed E-state index contributed by atoms with van der Waals surface area (Å²) < 4.78 is 16.2. The first-order valence-electron chi connectivity index (χ1n) is 7.93. The number of methoxy groups -OCH3 is 1. The molecule has 1 saturated heterocycles. The molecule has 5 nitrogen and oxygen atoms in total. The summed E-state index contributed by atoms with van der Waals surface area (Å²) in [7, 11) is 1.55. The van der Waals surface area contributed by atoms with E-state index in [1.807, 2.05) is 17.0 Å². The Morgan fingerprint density at radius 3 is 2.79 bits per heavy atom. The van der Waals surface area contributed by atoms with Crippen molar-refractivity contribution in [3.63, 3.8) is 0 Å². The average Bonchev–Trinajstić information content (AvgIpc) is 3.13. The van der Waals surface area contributed by atoms with Crippen molar-refractivity contribution < 1.29 is 18.7 Å². The Kier molecular flexibility index (Phi) is 5.43. The maximum atomic E-state index is 13.2. The normalized spacial score (nSPS) is 15.2. The highest BCUT2D eigenvalue weighted by Gasteiger charge is 2.29. The number of halogens is 1. The van der Waals surface area contributed by atoms with Crippen molar-refractivity contribution in [2.45, 2.75) is 25.4 Å². The van der Waals surface area contributed by atoms with Crippen LogP contribution in [-0.4, -0.2) is 37.2 Å². The van der Waals surface area contributed by atoms with Gasteiger partial charge in [-0.25, -0.2) is 0 Å². The molecule has 1 aromatic carbocycles. The van der Waals surface area contributed by atoms with Gasteiger partial charge in [0.05, 0.1) is 25.5 Å². The molecule has 1 amide bonds. The average molecular weight is 350 g/mol. The van der Waals surface area contributed by atoms with E-state index in [4.69, 9.17) is 25.5 Å². The molecule has 6 heteroatoms. The maximum absolute atomic E-state index is 13.2. The van der Waals surface area contributed by atoms with E-state index >= 15 is 0 Å². The third-order valence-corrected chi connectivity index (χ3v) is 4.43. The lowest BCUT2D eigenvalue weighted by Crippen LogP contribution is -2.43. The standard InChI is InChI=1S/C18H20ClNO4/c1-22-17-5-4-13(19)11-16(17)18(21)20(12-15-3-2-8-24-15)14-6-9-23-10-7-14/h2-5,8,11,14H,6-7,9-10,12H2,1H3. The maximum Gasteiger partial charge on any atom is 0.258 e. The van der Waals surface area contributed by atoms with Crippen LogP contribution in [0.4, 0.5) is 0 Å². The van der Waals surface area contributed by atoms with Gasteiger partial charge in [-0.15, -0.1) is 0 Å². The number of benzene rings is 1. The molecule has 0 unspecified atom stereocenters. The molecule has 0 saturated carbocycles. The van der Waals surface area contributed by atoms with Gasteiger partial charge >= 0.3 is 0 Å². The third-order valence-electron chi connectivity index (χ3n) is 4.19. The quantitative estimate of drug-likeness (QED) is 0.824. The fraction of sp³-hybridized carbons (Fsp3) is 0.389. The first-order valence-corrected chi connectivity index (χ1v) is 8.31. The van der Waals surface area contributed by atoms with Crippen LogP contribution in [0.25, 0.3) is 0 Å². The molecule has 24 heavy (non-hydrogen) atoms. The zero-order chi connectivity index (χ0) is 16.9. The van der Waals surface area contributed by atoms with E-state index in [-0.39, 0.29) is 11.9 Å². The minimum atomic E-state index is -0.113. The molecule has 1 aliphatic rings. The van der Waals surface area contributed by atoms with E-state index in [0.29, 0.717) is 36.1 Å². The molecule has 0 bridgehead atoms. The topological polar surface area (TPSA) is 51.9 Å². The summed E-state index contributed by atoms with van der Waals surface area (Å²) in [4.78, 5) is 15.0. The second-order valence-corrected chi connectivity index (χ2v) is 6.14. The molecule has 0 aliphatic carbocycles. The summed E-state index contributed by atoms with van der Waals surface area (Å²) in [5, 5.41) is 0.504. The number of hydrogen-bond donors (Lipinski definition) is 0. The highest BCUT2D eigenvalue weighted by Crippen LogP contribution is 2.27. The predicted molar refractivity (Wildman–Crippen MR) is 90.4 cm³/mol. The number of ether oxygens (including phenoxy) is 2. The van der Waals surface area contributed by atoms with Crippen molar-refractivity contribution in [3.05, 3.63) is 52.9 Å². The zero-order valence-electron chi connectivity index (χ0n) is 13.5. The predicted octanol–water partition coefficient (Wildman–Crippen LogP) is 3.76. The number of hydrogen-bond acceptors (Lipinski definition) is 4. The SMILES string of the molecule is COc1ccc(Cl)cc1C(=O)N(Cc1ccco1)C1CCOCC1. The van der Waals surface area contributed by atoms with Crippen LogP contribution in [0.5, 0.6) is 5.75 Å². The van der Waals surface area contributed by atoms with Crippen molar-refractivity contribution in [3.8, 4) is 5.75 Å². The van der Waals surface area contributed by atoms with Crippen LogP contribution in [0.15, 0.2) is 41.0 Å². The molecule has 0 spiro atoms. The van der Waals surface area contributed by atoms with Crippen molar-refractivity contribution in [2.24, 2.45) is 0 Å². The van der Waals surface area contributed by atoms with Crippen LogP contribution < -0.4 is 4.74 Å². The molecule has 1 aliphatic heterocycles. The second-order valence-electron chi connectivity index (χ2n) is 5.70. The van der Waals surface area contributed by atoms with E-state index in [9.17, 15) is 4.79 Å². The first kappa shape index (κ1) is 16.9. The molecule has 1 fully saturated rings. The van der Waals surface area contributed by atoms with E-state index in [1.165, 1.54) is 0 Å². The molecule has 2 aromatic rings. The molecule has 1 aromatic heterocycles. The highest BCUT2D eigenvalue weighted by atomic mass is 35.5. The zero-order valence-corrected chi connectivity index (χ0v) is 14.3. The Balaban J connectivity index is 1.91. The van der Waals surface area contributed by atoms with Crippen molar-refractivity contribution in [1.29, 1.82) is 0 Å². The number of carbonyl (C=O) groups excluding carboxylic acids is 1. The van der Waals surface area contributed by atoms with Gasteiger partial charge in [-0.2, -0.15) is 0 Å². The monoisotopic (exact) mass is 349 g/mol. The van der Waals surface area contributed by atoms with Crippen LogP contribution in [0.2, 0.25) is 5.02 Å². The molecular formula is C18H20ClNO4. The molecule has 128 valence electrons. The Morgan fingerprint density at radius 2 is 2.12 bits per heavy atom. The molecule has 0 radical (unpaired) electrons. The first-order chi connectivity index (χ1) is 11.7. The Bertz CT molecular complexity index is 680. The minimum Gasteiger partial charge on any atom is -0.496 e. The van der Waals surface area contributed by atoms with Crippen molar-refractivity contribution >= 4 is 17.5 Å². The van der Waals surface area contributed by atoms with Crippen LogP contribution in [0.3, 0.4) is 0 Å². The van der Waals surface area contributed by atoms with Crippen LogP contribution >= 0.6 is 11.6 Å². The van der Waals surface area contributed by atoms with Gasteiger partial charge in [0.15, 0.2) is 0 Å². The van der Waals surface area contributed by atoms with E-state index < -0.39 is 0 Å². The number of rotatable bonds is 5. The van der Waals surface area contributed by atoms with Gasteiger partial charge in [0, 0.05) is 24.3 Å². The molecule has 0 atom stereocenters. The molecule has 2 heterocycles. The van der Waals surface area contributed by atoms with Gasteiger partial charge < -0.3 is 18.8 Å². The number of amides is 1. The lowest BCUT2D eigenvalue weighted by Gasteiger charge is -2.34. The van der Waals surface area contributed by atoms with E-state index in [2.05, 4.69) is 0 Å². The third kappa shape index (κ3) is 3.74. The lowest BCUT2D eigenvalue weighted by atomic mass is 10.0. The van der Waals surface area contributed by atoms with Crippen LogP contribution in [0.1, 0.15) is 29.0 Å². The lowest BCUT2D eigenvalue weighted by molar-refractivity contribution is 0.0248. The van der Waals surface area contributed by atoms with Gasteiger partial charge in [0.1, 0.15) is 11.5 Å². The molecular weight excluding hydrogens is 330 g/mol. The summed E-state index contributed by atoms with van der Waals surface area (Å²) in [5.74, 6) is 1.15. The summed E-state index contributed by atoms with van der Waals surface area (Å²) >= 11 is 6.09. The largest absolute Gasteiger partial charge is 0.496 e. The summed E-state index contributed by atoms with van der Waals surface area (Å²) in [5.41, 5.74) is 0.461. The van der Waals surface area contributed by atoms with E-state index in [0.717, 1.165) is 18.6 Å². The molecule has 0 N–H and O–H groups in total. The summed E-state index contributed by atoms with van der Waals surface area (Å²) in [6.45, 7) is 1.71. The van der Waals surface area contributed by atoms with Crippen LogP contribution in [-0.2, 0) is 11.3 Å². The second kappa shape index (κ2) is 7.73. The Labute approximate surface area is 146 Å². The fourth-order valence-corrected chi connectivity index (χ4v) is 3.11. The van der Waals surface area contributed by atoms with Gasteiger partial charge in [-0.05, 0) is 43.2 Å². The smallest absolute Gasteiger partial charge is 0.258 e. The minimum absolute atomic E-state index is 0.0973. The van der Waals surface area contributed by atoms with Gasteiger partial charge in [-0.3, -0.25) is 4.79 Å². The van der Waals surface area contributed by atoms with Crippen LogP contribution in [0, 0.1) is 0 Å². The number of carbonyl (C=O) groups is 1. The van der Waals surface area contributed by atoms with Gasteiger partial charge in [-0.1, -0.05) is 11.6 Å². The highest BCUT2D eigenvalue weighted by molar-refractivity contribution is 6.31.